The normalized spacial score (nSPS) is 13.0. The Bertz CT molecular complexity index is 971. The molecule has 1 atom stereocenters. The lowest BCUT2D eigenvalue weighted by Gasteiger charge is -2.28. The largest absolute Gasteiger partial charge is 0.497 e. The SMILES string of the molecule is COc1ccc(S(=O)(=O)NN(Cc2ccccc2)CC(O)CCC(C)(C)CCC#N)cc1. The summed E-state index contributed by atoms with van der Waals surface area (Å²) in [6.45, 7) is 4.60. The Kier molecular flexibility index (Phi) is 9.66. The Hall–Kier alpha value is -2.44. The summed E-state index contributed by atoms with van der Waals surface area (Å²) in [5.41, 5.74) is 0.857. The molecule has 0 aliphatic rings. The van der Waals surface area contributed by atoms with Crippen molar-refractivity contribution in [3.63, 3.8) is 0 Å². The van der Waals surface area contributed by atoms with Crippen LogP contribution >= 0.6 is 0 Å². The molecular formula is C24H33N3O4S. The molecular weight excluding hydrogens is 426 g/mol. The highest BCUT2D eigenvalue weighted by Crippen LogP contribution is 2.29. The number of hydrogen-bond donors (Lipinski definition) is 2. The molecule has 0 saturated carbocycles. The van der Waals surface area contributed by atoms with E-state index >= 15 is 0 Å². The van der Waals surface area contributed by atoms with Crippen molar-refractivity contribution in [3.8, 4) is 11.8 Å². The van der Waals surface area contributed by atoms with Crippen LogP contribution in [0.2, 0.25) is 0 Å². The lowest BCUT2D eigenvalue weighted by Crippen LogP contribution is -2.45. The summed E-state index contributed by atoms with van der Waals surface area (Å²) >= 11 is 0. The molecule has 1 unspecified atom stereocenters. The molecule has 32 heavy (non-hydrogen) atoms. The van der Waals surface area contributed by atoms with Gasteiger partial charge in [0.2, 0.25) is 0 Å². The van der Waals surface area contributed by atoms with E-state index in [1.54, 1.807) is 12.1 Å². The third-order valence-corrected chi connectivity index (χ3v) is 6.73. The number of aliphatic hydroxyl groups is 1. The summed E-state index contributed by atoms with van der Waals surface area (Å²) in [7, 11) is -2.31. The molecule has 0 spiro atoms. The summed E-state index contributed by atoms with van der Waals surface area (Å²) in [5.74, 6) is 0.569. The molecule has 0 radical (unpaired) electrons. The van der Waals surface area contributed by atoms with Gasteiger partial charge in [-0.3, -0.25) is 0 Å². The molecule has 0 bridgehead atoms. The van der Waals surface area contributed by atoms with Gasteiger partial charge in [-0.2, -0.15) is 5.26 Å². The number of nitrogens with one attached hydrogen (secondary N) is 1. The molecule has 7 nitrogen and oxygen atoms in total. The first-order chi connectivity index (χ1) is 15.1. The molecule has 0 aliphatic carbocycles. The molecule has 0 heterocycles. The van der Waals surface area contributed by atoms with Crippen molar-refractivity contribution < 1.29 is 18.3 Å². The molecule has 2 aromatic carbocycles. The van der Waals surface area contributed by atoms with Crippen LogP contribution in [-0.2, 0) is 16.6 Å². The Labute approximate surface area is 191 Å². The number of methoxy groups -OCH3 is 1. The van der Waals surface area contributed by atoms with E-state index in [0.717, 1.165) is 18.4 Å². The molecule has 2 aromatic rings. The van der Waals surface area contributed by atoms with Crippen LogP contribution in [0.4, 0.5) is 0 Å². The second kappa shape index (κ2) is 12.0. The number of sulfonamides is 1. The van der Waals surface area contributed by atoms with Crippen molar-refractivity contribution in [3.05, 3.63) is 60.2 Å². The van der Waals surface area contributed by atoms with Crippen LogP contribution in [0.3, 0.4) is 0 Å². The molecule has 0 aromatic heterocycles. The zero-order chi connectivity index (χ0) is 23.6. The number of rotatable bonds is 13. The van der Waals surface area contributed by atoms with Crippen LogP contribution in [0.25, 0.3) is 0 Å². The number of benzene rings is 2. The van der Waals surface area contributed by atoms with E-state index < -0.39 is 16.1 Å². The molecule has 174 valence electrons. The fourth-order valence-corrected chi connectivity index (χ4v) is 4.42. The molecule has 2 N–H and O–H groups in total. The summed E-state index contributed by atoms with van der Waals surface area (Å²) < 4.78 is 31.0. The van der Waals surface area contributed by atoms with E-state index in [9.17, 15) is 13.5 Å². The first-order valence-corrected chi connectivity index (χ1v) is 12.1. The summed E-state index contributed by atoms with van der Waals surface area (Å²) in [6, 6.07) is 17.8. The average Bonchev–Trinajstić information content (AvgIpc) is 2.77. The predicted octanol–water partition coefficient (Wildman–Crippen LogP) is 3.86. The summed E-state index contributed by atoms with van der Waals surface area (Å²) in [4.78, 5) is 2.73. The molecule has 8 heteroatoms. The molecule has 0 saturated heterocycles. The van der Waals surface area contributed by atoms with Gasteiger partial charge in [0.25, 0.3) is 10.0 Å². The smallest absolute Gasteiger partial charge is 0.253 e. The Morgan fingerprint density at radius 2 is 1.78 bits per heavy atom. The van der Waals surface area contributed by atoms with Gasteiger partial charge in [0.15, 0.2) is 0 Å². The van der Waals surface area contributed by atoms with Crippen LogP contribution in [0.15, 0.2) is 59.5 Å². The Morgan fingerprint density at radius 1 is 1.12 bits per heavy atom. The van der Waals surface area contributed by atoms with Gasteiger partial charge >= 0.3 is 0 Å². The van der Waals surface area contributed by atoms with Gasteiger partial charge in [-0.1, -0.05) is 44.2 Å². The van der Waals surface area contributed by atoms with Crippen molar-refractivity contribution in [2.45, 2.75) is 57.1 Å². The number of hydrogen-bond acceptors (Lipinski definition) is 6. The zero-order valence-corrected chi connectivity index (χ0v) is 19.8. The van der Waals surface area contributed by atoms with Crippen LogP contribution in [0, 0.1) is 16.7 Å². The van der Waals surface area contributed by atoms with E-state index in [1.807, 2.05) is 30.3 Å². The van der Waals surface area contributed by atoms with Crippen LogP contribution < -0.4 is 9.57 Å². The minimum atomic E-state index is -3.83. The van der Waals surface area contributed by atoms with Gasteiger partial charge in [0.05, 0.1) is 24.2 Å². The summed E-state index contributed by atoms with van der Waals surface area (Å²) in [6.07, 6.45) is 1.76. The lowest BCUT2D eigenvalue weighted by molar-refractivity contribution is 0.0782. The van der Waals surface area contributed by atoms with Crippen molar-refractivity contribution in [1.82, 2.24) is 9.84 Å². The van der Waals surface area contributed by atoms with Gasteiger partial charge in [-0.05, 0) is 54.5 Å². The van der Waals surface area contributed by atoms with Gasteiger partial charge in [-0.15, -0.1) is 4.83 Å². The second-order valence-corrected chi connectivity index (χ2v) is 10.3. The van der Waals surface area contributed by atoms with Gasteiger partial charge in [0.1, 0.15) is 5.75 Å². The van der Waals surface area contributed by atoms with E-state index in [1.165, 1.54) is 24.3 Å². The monoisotopic (exact) mass is 459 g/mol. The molecule has 0 aliphatic heterocycles. The number of aliphatic hydroxyl groups excluding tert-OH is 1. The number of ether oxygens (including phenoxy) is 1. The fraction of sp³-hybridized carbons (Fsp3) is 0.458. The highest BCUT2D eigenvalue weighted by Gasteiger charge is 2.23. The summed E-state index contributed by atoms with van der Waals surface area (Å²) in [5, 5.41) is 21.0. The Morgan fingerprint density at radius 3 is 2.38 bits per heavy atom. The average molecular weight is 460 g/mol. The highest BCUT2D eigenvalue weighted by atomic mass is 32.2. The maximum Gasteiger partial charge on any atom is 0.253 e. The Balaban J connectivity index is 2.10. The van der Waals surface area contributed by atoms with Crippen molar-refractivity contribution in [2.75, 3.05) is 13.7 Å². The quantitative estimate of drug-likeness (QED) is 0.441. The maximum absolute atomic E-state index is 12.9. The fourth-order valence-electron chi connectivity index (χ4n) is 3.34. The number of nitriles is 1. The van der Waals surface area contributed by atoms with Crippen LogP contribution in [0.5, 0.6) is 5.75 Å². The molecule has 2 rings (SSSR count). The van der Waals surface area contributed by atoms with Gasteiger partial charge in [-0.25, -0.2) is 13.4 Å². The topological polar surface area (TPSA) is 103 Å². The van der Waals surface area contributed by atoms with E-state index in [0.29, 0.717) is 25.1 Å². The third-order valence-electron chi connectivity index (χ3n) is 5.33. The van der Waals surface area contributed by atoms with E-state index in [4.69, 9.17) is 10.00 Å². The highest BCUT2D eigenvalue weighted by molar-refractivity contribution is 7.89. The first kappa shape index (κ1) is 25.8. The second-order valence-electron chi connectivity index (χ2n) is 8.65. The maximum atomic E-state index is 12.9. The predicted molar refractivity (Wildman–Crippen MR) is 124 cm³/mol. The minimum absolute atomic E-state index is 0.0659. The standard InChI is InChI=1S/C24H33N3O4S/c1-24(2,15-7-17-25)16-14-21(28)19-27(18-20-8-5-4-6-9-20)26-32(29,30)23-12-10-22(31-3)11-13-23/h4-6,8-13,21,26,28H,7,14-16,18-19H2,1-3H3. The zero-order valence-electron chi connectivity index (χ0n) is 19.0. The molecule has 0 fully saturated rings. The van der Waals surface area contributed by atoms with Gasteiger partial charge < -0.3 is 9.84 Å². The van der Waals surface area contributed by atoms with Crippen LogP contribution in [0.1, 0.15) is 45.1 Å². The van der Waals surface area contributed by atoms with Crippen molar-refractivity contribution >= 4 is 10.0 Å². The van der Waals surface area contributed by atoms with E-state index in [-0.39, 0.29) is 16.9 Å². The van der Waals surface area contributed by atoms with Crippen molar-refractivity contribution in [1.29, 1.82) is 5.26 Å². The number of hydrazine groups is 1. The molecule has 0 amide bonds. The van der Waals surface area contributed by atoms with E-state index in [2.05, 4.69) is 24.7 Å². The van der Waals surface area contributed by atoms with Gasteiger partial charge in [0, 0.05) is 19.5 Å². The third kappa shape index (κ3) is 8.60. The first-order valence-electron chi connectivity index (χ1n) is 10.7. The minimum Gasteiger partial charge on any atom is -0.497 e. The lowest BCUT2D eigenvalue weighted by atomic mass is 9.82. The van der Waals surface area contributed by atoms with Crippen molar-refractivity contribution in [2.24, 2.45) is 5.41 Å². The van der Waals surface area contributed by atoms with Crippen LogP contribution in [-0.4, -0.2) is 38.3 Å². The number of nitrogens with zero attached hydrogens (tertiary/aromatic N) is 2.